The fourth-order valence-electron chi connectivity index (χ4n) is 11.2. The molecule has 0 saturated heterocycles. The van der Waals surface area contributed by atoms with Crippen molar-refractivity contribution in [2.75, 3.05) is 16.5 Å². The highest BCUT2D eigenvalue weighted by atomic mass is 16.5. The van der Waals surface area contributed by atoms with E-state index in [1.165, 1.54) is 0 Å². The van der Waals surface area contributed by atoms with Gasteiger partial charge in [-0.25, -0.2) is 4.98 Å². The second-order valence-electron chi connectivity index (χ2n) is 22.0. The molecule has 10 bridgehead atoms. The van der Waals surface area contributed by atoms with Gasteiger partial charge in [0.05, 0.1) is 32.2 Å². The van der Waals surface area contributed by atoms with E-state index in [1.807, 2.05) is 202 Å². The molecule has 2 aromatic heterocycles. The second-order valence-corrected chi connectivity index (χ2v) is 22.0. The number of ether oxygens (including phenoxy) is 2. The molecule has 0 spiro atoms. The number of nitrogens with zero attached hydrogens (tertiary/aromatic N) is 4. The van der Waals surface area contributed by atoms with Crippen molar-refractivity contribution in [2.24, 2.45) is 11.8 Å². The molecule has 6 heteroatoms. The maximum atomic E-state index is 9.87. The van der Waals surface area contributed by atoms with E-state index in [2.05, 4.69) is 54.8 Å². The molecule has 0 N–H and O–H groups in total. The zero-order chi connectivity index (χ0) is 59.4. The summed E-state index contributed by atoms with van der Waals surface area (Å²) < 4.78 is 82.7. The molecule has 11 aromatic rings. The van der Waals surface area contributed by atoms with E-state index in [4.69, 9.17) is 14.5 Å². The molecular weight excluding hydrogens is 953 g/mol. The molecule has 0 radical (unpaired) electrons. The van der Waals surface area contributed by atoms with Gasteiger partial charge in [-0.2, -0.15) is 0 Å². The summed E-state index contributed by atoms with van der Waals surface area (Å²) in [6, 6.07) is 61.2. The molecule has 4 aliphatic rings. The van der Waals surface area contributed by atoms with Crippen LogP contribution in [-0.4, -0.2) is 16.2 Å². The van der Waals surface area contributed by atoms with E-state index in [1.54, 1.807) is 0 Å². The molecule has 78 heavy (non-hydrogen) atoms. The molecule has 0 saturated carbocycles. The molecule has 6 nitrogen and oxygen atoms in total. The van der Waals surface area contributed by atoms with Gasteiger partial charge in [0.15, 0.2) is 0 Å². The Morgan fingerprint density at radius 3 is 1.99 bits per heavy atom. The van der Waals surface area contributed by atoms with Crippen molar-refractivity contribution in [3.8, 4) is 73.3 Å². The summed E-state index contributed by atoms with van der Waals surface area (Å²) in [7, 11) is 0. The molecule has 9 aromatic carbocycles. The minimum absolute atomic E-state index is 0.0220. The van der Waals surface area contributed by atoms with E-state index in [0.29, 0.717) is 79.5 Å². The van der Waals surface area contributed by atoms with Gasteiger partial charge < -0.3 is 19.3 Å². The summed E-state index contributed by atoms with van der Waals surface area (Å²) in [4.78, 5) is 9.77. The largest absolute Gasteiger partial charge is 0.457 e. The second kappa shape index (κ2) is 19.6. The van der Waals surface area contributed by atoms with E-state index in [9.17, 15) is 9.60 Å². The normalized spacial score (nSPS) is 14.7. The minimum atomic E-state index is -1.75. The van der Waals surface area contributed by atoms with Crippen molar-refractivity contribution < 1.29 is 19.1 Å². The number of pyridine rings is 1. The Hall–Kier alpha value is -8.87. The lowest BCUT2D eigenvalue weighted by Gasteiger charge is -2.28. The van der Waals surface area contributed by atoms with Crippen molar-refractivity contribution in [3.63, 3.8) is 0 Å². The maximum absolute atomic E-state index is 9.87. The van der Waals surface area contributed by atoms with E-state index >= 15 is 0 Å². The maximum Gasteiger partial charge on any atom is 0.137 e. The summed E-state index contributed by atoms with van der Waals surface area (Å²) in [6.45, 7) is 14.4. The van der Waals surface area contributed by atoms with Crippen LogP contribution in [-0.2, 0) is 18.2 Å². The van der Waals surface area contributed by atoms with Crippen LogP contribution in [0.1, 0.15) is 74.8 Å². The SMILES string of the molecule is [2H]c1c(-c2ccccc2)c([2H])c2c3ccc4cc3n(c2c1[2H])-c1cc(C(C)(C)C)c(cn1)-c1ccccc1Oc1ccc(cc1)-c1cc(C([2H])([2H])C(C)C)cc(-c2cccc(C([2H])([2H])C(C)C)c2)c1N1CN(c2cccc(c2)O4)c2ccccc21. The Morgan fingerprint density at radius 2 is 1.21 bits per heavy atom. The van der Waals surface area contributed by atoms with Crippen molar-refractivity contribution in [3.05, 3.63) is 229 Å². The van der Waals surface area contributed by atoms with Crippen LogP contribution in [0, 0.1) is 11.8 Å². The van der Waals surface area contributed by atoms with Crippen LogP contribution >= 0.6 is 0 Å². The third kappa shape index (κ3) is 9.05. The monoisotopic (exact) mass is 1020 g/mol. The van der Waals surface area contributed by atoms with Crippen LogP contribution < -0.4 is 19.3 Å². The number of hydrogen-bond acceptors (Lipinski definition) is 5. The fourth-order valence-corrected chi connectivity index (χ4v) is 11.2. The van der Waals surface area contributed by atoms with Crippen LogP contribution in [0.25, 0.3) is 72.1 Å². The minimum Gasteiger partial charge on any atom is -0.457 e. The first-order valence-corrected chi connectivity index (χ1v) is 26.9. The van der Waals surface area contributed by atoms with Gasteiger partial charge in [0.1, 0.15) is 35.5 Å². The molecule has 0 atom stereocenters. The number of anilines is 4. The van der Waals surface area contributed by atoms with Gasteiger partial charge >= 0.3 is 0 Å². The van der Waals surface area contributed by atoms with Gasteiger partial charge in [0, 0.05) is 62.5 Å². The van der Waals surface area contributed by atoms with Crippen molar-refractivity contribution in [1.29, 1.82) is 0 Å². The lowest BCUT2D eigenvalue weighted by Crippen LogP contribution is -2.25. The van der Waals surface area contributed by atoms with Gasteiger partial charge in [0.2, 0.25) is 0 Å². The van der Waals surface area contributed by atoms with Crippen molar-refractivity contribution in [2.45, 2.75) is 66.6 Å². The first-order valence-electron chi connectivity index (χ1n) is 30.4. The number of benzene rings is 9. The van der Waals surface area contributed by atoms with E-state index in [-0.39, 0.29) is 30.0 Å². The summed E-state index contributed by atoms with van der Waals surface area (Å²) in [5.74, 6) is 2.11. The lowest BCUT2D eigenvalue weighted by atomic mass is 9.82. The van der Waals surface area contributed by atoms with Gasteiger partial charge in [0.25, 0.3) is 0 Å². The molecule has 0 unspecified atom stereocenters. The Morgan fingerprint density at radius 1 is 0.526 bits per heavy atom. The third-order valence-corrected chi connectivity index (χ3v) is 14.6. The van der Waals surface area contributed by atoms with Crippen LogP contribution in [0.5, 0.6) is 23.0 Å². The molecule has 6 heterocycles. The molecule has 15 rings (SSSR count). The van der Waals surface area contributed by atoms with E-state index in [0.717, 1.165) is 61.7 Å². The van der Waals surface area contributed by atoms with Crippen LogP contribution in [0.3, 0.4) is 0 Å². The molecule has 0 amide bonds. The number of hydrogen-bond donors (Lipinski definition) is 0. The Balaban J connectivity index is 1.07. The highest BCUT2D eigenvalue weighted by Gasteiger charge is 2.33. The topological polar surface area (TPSA) is 42.8 Å². The van der Waals surface area contributed by atoms with Crippen LogP contribution in [0.4, 0.5) is 22.7 Å². The summed E-state index contributed by atoms with van der Waals surface area (Å²) in [5, 5.41) is 1.25. The zero-order valence-corrected chi connectivity index (χ0v) is 44.9. The number of rotatable bonds is 6. The number of aromatic nitrogens is 2. The van der Waals surface area contributed by atoms with Gasteiger partial charge in [-0.3, -0.25) is 4.57 Å². The predicted molar refractivity (Wildman–Crippen MR) is 325 cm³/mol. The summed E-state index contributed by atoms with van der Waals surface area (Å²) >= 11 is 0. The standard InChI is InChI=1S/C72H64N4O2/c1-46(2)35-48-17-15-20-53(37-48)61-39-49(36-47(3)4)38-60-51-27-30-55(31-28-51)78-69-26-14-11-23-59(69)63-44-73-70(43-64(63)72(5,6)7)76-65-34-29-52(50-18-9-8-10-19-50)40-62(65)58-33-32-57(42-68(58)76)77-56-22-16-21-54(41-56)74-45-75(71(60)61)67-25-13-12-24-66(67)74/h8-34,37-44,46-47H,35-36,45H2,1-7H3/i29D,34D,35D2,36D2,40D. The zero-order valence-electron chi connectivity index (χ0n) is 51.9. The van der Waals surface area contributed by atoms with Gasteiger partial charge in [-0.15, -0.1) is 0 Å². The highest BCUT2D eigenvalue weighted by molar-refractivity contribution is 6.11. The summed E-state index contributed by atoms with van der Waals surface area (Å²) in [5.41, 5.74) is 12.1. The first kappa shape index (κ1) is 41.3. The molecule has 4 aliphatic heterocycles. The van der Waals surface area contributed by atoms with Crippen molar-refractivity contribution >= 4 is 44.6 Å². The first-order chi connectivity index (χ1) is 40.7. The van der Waals surface area contributed by atoms with Crippen LogP contribution in [0.15, 0.2) is 212 Å². The predicted octanol–water partition coefficient (Wildman–Crippen LogP) is 19.7. The highest BCUT2D eigenvalue weighted by Crippen LogP contribution is 2.52. The van der Waals surface area contributed by atoms with E-state index < -0.39 is 18.2 Å². The van der Waals surface area contributed by atoms with Crippen molar-refractivity contribution in [1.82, 2.24) is 9.55 Å². The lowest BCUT2D eigenvalue weighted by molar-refractivity contribution is 0.483. The number of para-hydroxylation sites is 3. The quantitative estimate of drug-likeness (QED) is 0.166. The Bertz CT molecular complexity index is 4450. The molecular formula is C72H64N4O2. The van der Waals surface area contributed by atoms with Crippen LogP contribution in [0.2, 0.25) is 0 Å². The number of fused-ring (bicyclic) bond motifs is 5. The fraction of sp³-hybridized carbons (Fsp3) is 0.181. The molecule has 0 aliphatic carbocycles. The molecule has 384 valence electrons. The Kier molecular flexibility index (Phi) is 10.4. The third-order valence-electron chi connectivity index (χ3n) is 14.6. The molecule has 0 fully saturated rings. The average Bonchev–Trinajstić information content (AvgIpc) is 1.82. The van der Waals surface area contributed by atoms with Gasteiger partial charge in [-0.1, -0.05) is 158 Å². The smallest absolute Gasteiger partial charge is 0.137 e. The van der Waals surface area contributed by atoms with Gasteiger partial charge in [-0.05, 0) is 154 Å². The average molecular weight is 1020 g/mol. The summed E-state index contributed by atoms with van der Waals surface area (Å²) in [6.07, 6.45) is -1.53. The Labute approximate surface area is 468 Å².